The number of hydrogen-bond donors (Lipinski definition) is 1. The highest BCUT2D eigenvalue weighted by atomic mass is 35.5. The van der Waals surface area contributed by atoms with E-state index in [1.54, 1.807) is 0 Å². The van der Waals surface area contributed by atoms with E-state index < -0.39 is 5.97 Å². The summed E-state index contributed by atoms with van der Waals surface area (Å²) in [6, 6.07) is 9.67. The molecule has 1 N–H and O–H groups in total. The molecule has 2 heterocycles. The van der Waals surface area contributed by atoms with E-state index in [0.29, 0.717) is 12.4 Å². The van der Waals surface area contributed by atoms with Crippen molar-refractivity contribution in [2.75, 3.05) is 11.4 Å². The largest absolute Gasteiger partial charge is 0.477 e. The number of benzene rings is 1. The molecule has 1 aromatic heterocycles. The highest BCUT2D eigenvalue weighted by Crippen LogP contribution is 2.24. The van der Waals surface area contributed by atoms with Gasteiger partial charge >= 0.3 is 5.97 Å². The van der Waals surface area contributed by atoms with Crippen LogP contribution in [-0.2, 0) is 13.0 Å². The maximum atomic E-state index is 11.0. The second-order valence-electron chi connectivity index (χ2n) is 4.63. The number of carbonyl (C=O) groups is 1. The Morgan fingerprint density at radius 1 is 1.25 bits per heavy atom. The molecule has 0 radical (unpaired) electrons. The van der Waals surface area contributed by atoms with Crippen molar-refractivity contribution in [3.05, 3.63) is 52.4 Å². The zero-order chi connectivity index (χ0) is 14.1. The molecular formula is C14H12ClN3O2. The van der Waals surface area contributed by atoms with Crippen molar-refractivity contribution in [1.82, 2.24) is 9.97 Å². The van der Waals surface area contributed by atoms with Crippen molar-refractivity contribution in [1.29, 1.82) is 0 Å². The van der Waals surface area contributed by atoms with Crippen LogP contribution in [0.25, 0.3) is 0 Å². The first-order valence-corrected chi connectivity index (χ1v) is 6.61. The molecule has 0 unspecified atom stereocenters. The second kappa shape index (κ2) is 5.09. The quantitative estimate of drug-likeness (QED) is 0.860. The Balaban J connectivity index is 1.93. The summed E-state index contributed by atoms with van der Waals surface area (Å²) in [6.45, 7) is 1.48. The minimum absolute atomic E-state index is 0.0428. The number of halogens is 1. The first-order chi connectivity index (χ1) is 9.63. The summed E-state index contributed by atoms with van der Waals surface area (Å²) in [4.78, 5) is 20.9. The van der Waals surface area contributed by atoms with E-state index in [0.717, 1.165) is 13.0 Å². The third-order valence-electron chi connectivity index (χ3n) is 3.36. The van der Waals surface area contributed by atoms with Gasteiger partial charge in [-0.3, -0.25) is 0 Å². The van der Waals surface area contributed by atoms with E-state index in [9.17, 15) is 4.79 Å². The molecule has 20 heavy (non-hydrogen) atoms. The predicted molar refractivity (Wildman–Crippen MR) is 75.2 cm³/mol. The summed E-state index contributed by atoms with van der Waals surface area (Å²) < 4.78 is 0. The van der Waals surface area contributed by atoms with Gasteiger partial charge in [0, 0.05) is 19.2 Å². The van der Waals surface area contributed by atoms with Crippen LogP contribution in [0.1, 0.15) is 21.6 Å². The van der Waals surface area contributed by atoms with Crippen LogP contribution in [-0.4, -0.2) is 27.6 Å². The lowest BCUT2D eigenvalue weighted by Gasteiger charge is -2.29. The van der Waals surface area contributed by atoms with Gasteiger partial charge in [-0.1, -0.05) is 24.3 Å². The van der Waals surface area contributed by atoms with Crippen molar-refractivity contribution in [3.8, 4) is 0 Å². The van der Waals surface area contributed by atoms with Gasteiger partial charge in [0.15, 0.2) is 5.69 Å². The van der Waals surface area contributed by atoms with E-state index in [-0.39, 0.29) is 11.0 Å². The Bertz CT molecular complexity index is 675. The molecule has 0 atom stereocenters. The van der Waals surface area contributed by atoms with Gasteiger partial charge in [-0.2, -0.15) is 0 Å². The number of aromatic nitrogens is 2. The number of fused-ring (bicyclic) bond motifs is 1. The van der Waals surface area contributed by atoms with Crippen LogP contribution in [0.15, 0.2) is 30.3 Å². The minimum atomic E-state index is -1.10. The first-order valence-electron chi connectivity index (χ1n) is 6.23. The predicted octanol–water partition coefficient (Wildman–Crippen LogP) is 2.39. The molecule has 0 amide bonds. The van der Waals surface area contributed by atoms with Gasteiger partial charge in [0.2, 0.25) is 5.28 Å². The maximum absolute atomic E-state index is 11.0. The lowest BCUT2D eigenvalue weighted by molar-refractivity contribution is 0.0690. The van der Waals surface area contributed by atoms with Gasteiger partial charge in [0.1, 0.15) is 5.82 Å². The van der Waals surface area contributed by atoms with Gasteiger partial charge in [0.25, 0.3) is 0 Å². The van der Waals surface area contributed by atoms with Crippen molar-refractivity contribution < 1.29 is 9.90 Å². The highest BCUT2D eigenvalue weighted by Gasteiger charge is 2.19. The van der Waals surface area contributed by atoms with Crippen molar-refractivity contribution >= 4 is 23.4 Å². The van der Waals surface area contributed by atoms with Gasteiger partial charge in [-0.05, 0) is 29.1 Å². The van der Waals surface area contributed by atoms with Crippen LogP contribution >= 0.6 is 11.6 Å². The Kier molecular flexibility index (Phi) is 3.28. The van der Waals surface area contributed by atoms with E-state index in [2.05, 4.69) is 22.1 Å². The highest BCUT2D eigenvalue weighted by molar-refractivity contribution is 6.28. The molecule has 1 aromatic carbocycles. The molecule has 0 bridgehead atoms. The Morgan fingerprint density at radius 3 is 2.75 bits per heavy atom. The van der Waals surface area contributed by atoms with Crippen LogP contribution in [0.2, 0.25) is 5.28 Å². The van der Waals surface area contributed by atoms with Crippen molar-refractivity contribution in [2.24, 2.45) is 0 Å². The van der Waals surface area contributed by atoms with Crippen molar-refractivity contribution in [3.63, 3.8) is 0 Å². The molecule has 1 aliphatic heterocycles. The van der Waals surface area contributed by atoms with Crippen LogP contribution in [0.4, 0.5) is 5.82 Å². The molecule has 0 aliphatic carbocycles. The SMILES string of the molecule is O=C(O)c1cc(N2CCc3ccccc3C2)nc(Cl)n1. The van der Waals surface area contributed by atoms with Gasteiger partial charge < -0.3 is 10.0 Å². The Hall–Kier alpha value is -2.14. The van der Waals surface area contributed by atoms with E-state index >= 15 is 0 Å². The number of anilines is 1. The molecule has 102 valence electrons. The summed E-state index contributed by atoms with van der Waals surface area (Å²) in [7, 11) is 0. The summed E-state index contributed by atoms with van der Waals surface area (Å²) in [5.74, 6) is -0.551. The fourth-order valence-electron chi connectivity index (χ4n) is 2.37. The van der Waals surface area contributed by atoms with E-state index in [1.807, 2.05) is 17.0 Å². The van der Waals surface area contributed by atoms with Gasteiger partial charge in [0.05, 0.1) is 0 Å². The summed E-state index contributed by atoms with van der Waals surface area (Å²) in [6.07, 6.45) is 0.903. The molecule has 0 saturated heterocycles. The zero-order valence-corrected chi connectivity index (χ0v) is 11.3. The number of carboxylic acid groups (broad SMARTS) is 1. The molecule has 2 aromatic rings. The molecule has 5 nitrogen and oxygen atoms in total. The van der Waals surface area contributed by atoms with E-state index in [4.69, 9.17) is 16.7 Å². The van der Waals surface area contributed by atoms with Crippen LogP contribution in [0.5, 0.6) is 0 Å². The molecule has 0 saturated carbocycles. The van der Waals surface area contributed by atoms with E-state index in [1.165, 1.54) is 17.2 Å². The monoisotopic (exact) mass is 289 g/mol. The van der Waals surface area contributed by atoms with Crippen LogP contribution in [0.3, 0.4) is 0 Å². The molecule has 3 rings (SSSR count). The first kappa shape index (κ1) is 12.9. The fourth-order valence-corrected chi connectivity index (χ4v) is 2.55. The number of aromatic carboxylic acids is 1. The van der Waals surface area contributed by atoms with Crippen LogP contribution in [0, 0.1) is 0 Å². The van der Waals surface area contributed by atoms with Crippen molar-refractivity contribution in [2.45, 2.75) is 13.0 Å². The average molecular weight is 290 g/mol. The molecule has 0 spiro atoms. The Labute approximate surface area is 120 Å². The maximum Gasteiger partial charge on any atom is 0.354 e. The lowest BCUT2D eigenvalue weighted by atomic mass is 10.00. The Morgan fingerprint density at radius 2 is 2.00 bits per heavy atom. The normalized spacial score (nSPS) is 13.9. The average Bonchev–Trinajstić information content (AvgIpc) is 2.46. The fraction of sp³-hybridized carbons (Fsp3) is 0.214. The zero-order valence-electron chi connectivity index (χ0n) is 10.6. The number of carboxylic acids is 1. The molecule has 6 heteroatoms. The lowest BCUT2D eigenvalue weighted by Crippen LogP contribution is -2.31. The summed E-state index contributed by atoms with van der Waals surface area (Å²) in [5.41, 5.74) is 2.46. The number of hydrogen-bond acceptors (Lipinski definition) is 4. The van der Waals surface area contributed by atoms with Gasteiger partial charge in [-0.15, -0.1) is 0 Å². The summed E-state index contributed by atoms with van der Waals surface area (Å²) >= 11 is 5.80. The minimum Gasteiger partial charge on any atom is -0.477 e. The number of rotatable bonds is 2. The van der Waals surface area contributed by atoms with Crippen LogP contribution < -0.4 is 4.90 Å². The molecular weight excluding hydrogens is 278 g/mol. The third kappa shape index (κ3) is 2.44. The third-order valence-corrected chi connectivity index (χ3v) is 3.53. The topological polar surface area (TPSA) is 66.3 Å². The molecule has 1 aliphatic rings. The standard InChI is InChI=1S/C14H12ClN3O2/c15-14-16-11(13(19)20)7-12(17-14)18-6-5-9-3-1-2-4-10(9)8-18/h1-4,7H,5-6,8H2,(H,19,20). The van der Waals surface area contributed by atoms with Gasteiger partial charge in [-0.25, -0.2) is 14.8 Å². The summed E-state index contributed by atoms with van der Waals surface area (Å²) in [5, 5.41) is 8.98. The second-order valence-corrected chi connectivity index (χ2v) is 4.96. The molecule has 0 fully saturated rings. The smallest absolute Gasteiger partial charge is 0.354 e. The number of nitrogens with zero attached hydrogens (tertiary/aromatic N) is 3.